The van der Waals surface area contributed by atoms with Gasteiger partial charge in [-0.2, -0.15) is 0 Å². The van der Waals surface area contributed by atoms with E-state index in [4.69, 9.17) is 11.6 Å². The van der Waals surface area contributed by atoms with Crippen molar-refractivity contribution in [2.24, 2.45) is 5.92 Å². The molecule has 0 bridgehead atoms. The van der Waals surface area contributed by atoms with Crippen molar-refractivity contribution in [3.8, 4) is 5.69 Å². The van der Waals surface area contributed by atoms with E-state index in [0.717, 1.165) is 22.3 Å². The molecular weight excluding hydrogens is 440 g/mol. The first-order valence-electron chi connectivity index (χ1n) is 10.6. The summed E-state index contributed by atoms with van der Waals surface area (Å²) in [5.74, 6) is -0.193. The zero-order valence-electron chi connectivity index (χ0n) is 17.6. The number of aromatic nitrogens is 2. The number of hydrogen-bond donors (Lipinski definition) is 2. The molecule has 1 fully saturated rings. The topological polar surface area (TPSA) is 87.2 Å². The molecule has 1 atom stereocenters. The van der Waals surface area contributed by atoms with E-state index in [2.05, 4.69) is 10.3 Å². The van der Waals surface area contributed by atoms with E-state index in [1.54, 1.807) is 46.0 Å². The zero-order chi connectivity index (χ0) is 22.9. The fourth-order valence-corrected chi connectivity index (χ4v) is 4.34. The second-order valence-corrected chi connectivity index (χ2v) is 8.56. The summed E-state index contributed by atoms with van der Waals surface area (Å²) in [4.78, 5) is 42.0. The van der Waals surface area contributed by atoms with Crippen molar-refractivity contribution in [2.45, 2.75) is 6.42 Å². The molecular formula is C25H21ClN4O3. The number of aromatic amines is 1. The number of carbonyl (C=O) groups excluding carboxylic acids is 2. The number of anilines is 1. The van der Waals surface area contributed by atoms with Crippen molar-refractivity contribution in [1.29, 1.82) is 0 Å². The molecule has 7 nitrogen and oxygen atoms in total. The van der Waals surface area contributed by atoms with Crippen LogP contribution in [0.4, 0.5) is 5.69 Å². The Morgan fingerprint density at radius 2 is 1.82 bits per heavy atom. The Morgan fingerprint density at radius 1 is 1.03 bits per heavy atom. The van der Waals surface area contributed by atoms with Crippen LogP contribution in [0.5, 0.6) is 0 Å². The van der Waals surface area contributed by atoms with Gasteiger partial charge in [-0.15, -0.1) is 0 Å². The van der Waals surface area contributed by atoms with Crippen LogP contribution in [-0.2, 0) is 4.79 Å². The number of halogens is 1. The first-order valence-corrected chi connectivity index (χ1v) is 11.0. The van der Waals surface area contributed by atoms with Gasteiger partial charge in [0.05, 0.1) is 0 Å². The standard InChI is InChI=1S/C25H21ClN4O3/c26-18-4-9-21-17(12-18)13-22(28-21)25(33)27-14-16-11-24(32)30(15-16)20-7-5-19(6-8-20)29-10-2-1-3-23(29)31/h1-10,12-13,16,28H,11,14-15H2,(H,27,33). The van der Waals surface area contributed by atoms with Crippen molar-refractivity contribution >= 4 is 40.0 Å². The molecule has 1 aliphatic rings. The Hall–Kier alpha value is -3.84. The third kappa shape index (κ3) is 4.27. The maximum Gasteiger partial charge on any atom is 0.267 e. The molecule has 1 saturated heterocycles. The fraction of sp³-hybridized carbons (Fsp3) is 0.160. The second kappa shape index (κ2) is 8.60. The number of rotatable bonds is 5. The van der Waals surface area contributed by atoms with Gasteiger partial charge in [-0.05, 0) is 54.6 Å². The summed E-state index contributed by atoms with van der Waals surface area (Å²) in [5.41, 5.74) is 2.69. The van der Waals surface area contributed by atoms with Crippen molar-refractivity contribution in [1.82, 2.24) is 14.9 Å². The van der Waals surface area contributed by atoms with Gasteiger partial charge in [-0.1, -0.05) is 17.7 Å². The first-order chi connectivity index (χ1) is 16.0. The highest BCUT2D eigenvalue weighted by Gasteiger charge is 2.31. The molecule has 0 spiro atoms. The maximum absolute atomic E-state index is 12.6. The summed E-state index contributed by atoms with van der Waals surface area (Å²) < 4.78 is 1.55. The predicted octanol–water partition coefficient (Wildman–Crippen LogP) is 3.76. The lowest BCUT2D eigenvalue weighted by Crippen LogP contribution is -2.31. The van der Waals surface area contributed by atoms with Gasteiger partial charge in [-0.3, -0.25) is 19.0 Å². The smallest absolute Gasteiger partial charge is 0.267 e. The number of benzene rings is 2. The van der Waals surface area contributed by atoms with Crippen LogP contribution in [0.25, 0.3) is 16.6 Å². The summed E-state index contributed by atoms with van der Waals surface area (Å²) in [6.07, 6.45) is 2.07. The quantitative estimate of drug-likeness (QED) is 0.475. The van der Waals surface area contributed by atoms with Gasteiger partial charge in [0, 0.05) is 65.0 Å². The molecule has 166 valence electrons. The molecule has 3 heterocycles. The van der Waals surface area contributed by atoms with Crippen LogP contribution in [0.15, 0.2) is 77.7 Å². The summed E-state index contributed by atoms with van der Waals surface area (Å²) in [7, 11) is 0. The lowest BCUT2D eigenvalue weighted by molar-refractivity contribution is -0.117. The minimum absolute atomic E-state index is 0.0108. The molecule has 1 aliphatic heterocycles. The molecule has 5 rings (SSSR count). The molecule has 0 saturated carbocycles. The number of H-pyrrole nitrogens is 1. The van der Waals surface area contributed by atoms with E-state index in [1.165, 1.54) is 6.07 Å². The molecule has 2 amide bonds. The number of pyridine rings is 1. The highest BCUT2D eigenvalue weighted by Crippen LogP contribution is 2.26. The largest absolute Gasteiger partial charge is 0.351 e. The Labute approximate surface area is 194 Å². The Morgan fingerprint density at radius 3 is 2.61 bits per heavy atom. The molecule has 0 radical (unpaired) electrons. The van der Waals surface area contributed by atoms with Crippen LogP contribution in [-0.4, -0.2) is 34.5 Å². The average Bonchev–Trinajstić information content (AvgIpc) is 3.41. The molecule has 2 aromatic carbocycles. The van der Waals surface area contributed by atoms with Crippen molar-refractivity contribution in [2.75, 3.05) is 18.0 Å². The first kappa shape index (κ1) is 21.0. The summed E-state index contributed by atoms with van der Waals surface area (Å²) in [6.45, 7) is 0.917. The zero-order valence-corrected chi connectivity index (χ0v) is 18.4. The number of carbonyl (C=O) groups is 2. The van der Waals surface area contributed by atoms with Crippen LogP contribution in [0, 0.1) is 5.92 Å². The maximum atomic E-state index is 12.6. The van der Waals surface area contributed by atoms with Crippen LogP contribution < -0.4 is 15.8 Å². The van der Waals surface area contributed by atoms with Gasteiger partial charge in [0.1, 0.15) is 5.69 Å². The lowest BCUT2D eigenvalue weighted by Gasteiger charge is -2.17. The van der Waals surface area contributed by atoms with E-state index in [1.807, 2.05) is 30.3 Å². The molecule has 33 heavy (non-hydrogen) atoms. The van der Waals surface area contributed by atoms with E-state index in [0.29, 0.717) is 30.2 Å². The average molecular weight is 461 g/mol. The normalized spacial score (nSPS) is 15.8. The van der Waals surface area contributed by atoms with E-state index < -0.39 is 0 Å². The van der Waals surface area contributed by atoms with Gasteiger partial charge in [0.15, 0.2) is 0 Å². The van der Waals surface area contributed by atoms with E-state index >= 15 is 0 Å². The number of hydrogen-bond acceptors (Lipinski definition) is 3. The number of fused-ring (bicyclic) bond motifs is 1. The van der Waals surface area contributed by atoms with Crippen LogP contribution in [0.3, 0.4) is 0 Å². The number of nitrogens with one attached hydrogen (secondary N) is 2. The highest BCUT2D eigenvalue weighted by molar-refractivity contribution is 6.31. The van der Waals surface area contributed by atoms with Crippen LogP contribution in [0.1, 0.15) is 16.9 Å². The van der Waals surface area contributed by atoms with Crippen molar-refractivity contribution < 1.29 is 9.59 Å². The summed E-state index contributed by atoms with van der Waals surface area (Å²) in [5, 5.41) is 4.41. The Balaban J connectivity index is 1.22. The Bertz CT molecular complexity index is 1410. The fourth-order valence-electron chi connectivity index (χ4n) is 4.16. The van der Waals surface area contributed by atoms with Gasteiger partial charge in [-0.25, -0.2) is 0 Å². The molecule has 8 heteroatoms. The van der Waals surface area contributed by atoms with Gasteiger partial charge in [0.2, 0.25) is 5.91 Å². The third-order valence-electron chi connectivity index (χ3n) is 5.85. The predicted molar refractivity (Wildman–Crippen MR) is 128 cm³/mol. The third-order valence-corrected chi connectivity index (χ3v) is 6.08. The molecule has 2 N–H and O–H groups in total. The molecule has 2 aromatic heterocycles. The Kier molecular flexibility index (Phi) is 5.48. The van der Waals surface area contributed by atoms with Gasteiger partial charge in [0.25, 0.3) is 11.5 Å². The molecule has 4 aromatic rings. The number of nitrogens with zero attached hydrogens (tertiary/aromatic N) is 2. The van der Waals surface area contributed by atoms with Gasteiger partial charge >= 0.3 is 0 Å². The van der Waals surface area contributed by atoms with Crippen molar-refractivity contribution in [3.63, 3.8) is 0 Å². The second-order valence-electron chi connectivity index (χ2n) is 8.12. The monoisotopic (exact) mass is 460 g/mol. The summed E-state index contributed by atoms with van der Waals surface area (Å²) >= 11 is 6.01. The molecule has 0 aliphatic carbocycles. The minimum Gasteiger partial charge on any atom is -0.351 e. The SMILES string of the molecule is O=C(NCC1CC(=O)N(c2ccc(-n3ccccc3=O)cc2)C1)c1cc2cc(Cl)ccc2[nH]1. The molecule has 1 unspecified atom stereocenters. The van der Waals surface area contributed by atoms with E-state index in [9.17, 15) is 14.4 Å². The van der Waals surface area contributed by atoms with Gasteiger partial charge < -0.3 is 15.2 Å². The highest BCUT2D eigenvalue weighted by atomic mass is 35.5. The number of amides is 2. The minimum atomic E-state index is -0.217. The van der Waals surface area contributed by atoms with Crippen LogP contribution >= 0.6 is 11.6 Å². The summed E-state index contributed by atoms with van der Waals surface area (Å²) in [6, 6.07) is 19.5. The van der Waals surface area contributed by atoms with Crippen molar-refractivity contribution in [3.05, 3.63) is 94.0 Å². The lowest BCUT2D eigenvalue weighted by atomic mass is 10.1. The van der Waals surface area contributed by atoms with Crippen LogP contribution in [0.2, 0.25) is 5.02 Å². The van der Waals surface area contributed by atoms with E-state index in [-0.39, 0.29) is 23.3 Å².